The Kier molecular flexibility index (Phi) is 8.11. The molecule has 0 atom stereocenters. The molecule has 0 heterocycles. The third-order valence-corrected chi connectivity index (χ3v) is 0.842. The summed E-state index contributed by atoms with van der Waals surface area (Å²) >= 11 is 0. The van der Waals surface area contributed by atoms with Crippen molar-refractivity contribution in [2.45, 2.75) is 0 Å². The Morgan fingerprint density at radius 3 is 2.20 bits per heavy atom. The number of nitrogens with two attached hydrogens (primary N) is 2. The van der Waals surface area contributed by atoms with Crippen molar-refractivity contribution in [2.75, 3.05) is 27.2 Å². The number of nitrogens with zero attached hydrogens (tertiary/aromatic N) is 2. The van der Waals surface area contributed by atoms with Crippen molar-refractivity contribution in [3.8, 4) is 0 Å². The topological polar surface area (TPSA) is 67.6 Å². The SMILES string of the molecule is CN(C)CCN=C(N)N.Cl. The molecule has 0 aliphatic rings. The van der Waals surface area contributed by atoms with Gasteiger partial charge in [0.05, 0.1) is 6.54 Å². The molecule has 0 aliphatic heterocycles. The summed E-state index contributed by atoms with van der Waals surface area (Å²) in [5.74, 6) is 0.164. The van der Waals surface area contributed by atoms with Crippen molar-refractivity contribution in [1.29, 1.82) is 0 Å². The fourth-order valence-electron chi connectivity index (χ4n) is 0.379. The molecule has 0 bridgehead atoms. The van der Waals surface area contributed by atoms with E-state index in [0.29, 0.717) is 6.54 Å². The van der Waals surface area contributed by atoms with Crippen molar-refractivity contribution in [3.63, 3.8) is 0 Å². The van der Waals surface area contributed by atoms with Gasteiger partial charge in [-0.05, 0) is 14.1 Å². The van der Waals surface area contributed by atoms with Gasteiger partial charge in [-0.1, -0.05) is 0 Å². The van der Waals surface area contributed by atoms with Gasteiger partial charge in [0.1, 0.15) is 0 Å². The molecule has 0 fully saturated rings. The van der Waals surface area contributed by atoms with Crippen LogP contribution in [0.4, 0.5) is 0 Å². The lowest BCUT2D eigenvalue weighted by Crippen LogP contribution is -2.25. The van der Waals surface area contributed by atoms with Crippen LogP contribution in [-0.2, 0) is 0 Å². The zero-order valence-electron chi connectivity index (χ0n) is 6.37. The van der Waals surface area contributed by atoms with Crippen molar-refractivity contribution in [3.05, 3.63) is 0 Å². The number of halogens is 1. The fourth-order valence-corrected chi connectivity index (χ4v) is 0.379. The van der Waals surface area contributed by atoms with Crippen LogP contribution in [0.3, 0.4) is 0 Å². The van der Waals surface area contributed by atoms with Crippen LogP contribution < -0.4 is 11.5 Å². The van der Waals surface area contributed by atoms with Crippen LogP contribution in [0.2, 0.25) is 0 Å². The van der Waals surface area contributed by atoms with Gasteiger partial charge in [0.2, 0.25) is 0 Å². The van der Waals surface area contributed by atoms with E-state index in [1.54, 1.807) is 0 Å². The third kappa shape index (κ3) is 10.5. The monoisotopic (exact) mass is 166 g/mol. The van der Waals surface area contributed by atoms with Crippen LogP contribution in [0, 0.1) is 0 Å². The van der Waals surface area contributed by atoms with Crippen molar-refractivity contribution in [1.82, 2.24) is 4.90 Å². The first-order valence-electron chi connectivity index (χ1n) is 2.83. The average Bonchev–Trinajstić information content (AvgIpc) is 1.63. The summed E-state index contributed by atoms with van der Waals surface area (Å²) in [5.41, 5.74) is 10.2. The van der Waals surface area contributed by atoms with Crippen molar-refractivity contribution >= 4 is 18.4 Å². The summed E-state index contributed by atoms with van der Waals surface area (Å²) in [6.07, 6.45) is 0. The average molecular weight is 167 g/mol. The molecule has 0 saturated heterocycles. The van der Waals surface area contributed by atoms with Gasteiger partial charge in [0.25, 0.3) is 0 Å². The molecular weight excluding hydrogens is 152 g/mol. The molecule has 0 rings (SSSR count). The standard InChI is InChI=1S/C5H14N4.ClH/c1-9(2)4-3-8-5(6)7;/h3-4H2,1-2H3,(H4,6,7,8);1H. The van der Waals surface area contributed by atoms with Crippen LogP contribution in [-0.4, -0.2) is 38.0 Å². The molecule has 0 saturated carbocycles. The smallest absolute Gasteiger partial charge is 0.185 e. The Morgan fingerprint density at radius 2 is 1.90 bits per heavy atom. The molecule has 4 nitrogen and oxygen atoms in total. The largest absolute Gasteiger partial charge is 0.370 e. The second-order valence-corrected chi connectivity index (χ2v) is 2.11. The molecule has 0 spiro atoms. The lowest BCUT2D eigenvalue weighted by molar-refractivity contribution is 0.420. The van der Waals surface area contributed by atoms with E-state index < -0.39 is 0 Å². The maximum Gasteiger partial charge on any atom is 0.185 e. The first kappa shape index (κ1) is 12.2. The van der Waals surface area contributed by atoms with Gasteiger partial charge in [-0.25, -0.2) is 0 Å². The Labute approximate surface area is 67.7 Å². The second kappa shape index (κ2) is 6.64. The minimum absolute atomic E-state index is 0. The Bertz CT molecular complexity index is 97.8. The van der Waals surface area contributed by atoms with Crippen LogP contribution >= 0.6 is 12.4 Å². The summed E-state index contributed by atoms with van der Waals surface area (Å²) < 4.78 is 0. The van der Waals surface area contributed by atoms with E-state index in [9.17, 15) is 0 Å². The third-order valence-electron chi connectivity index (χ3n) is 0.842. The minimum atomic E-state index is 0. The summed E-state index contributed by atoms with van der Waals surface area (Å²) in [7, 11) is 3.95. The number of rotatable bonds is 3. The summed E-state index contributed by atoms with van der Waals surface area (Å²) in [4.78, 5) is 5.82. The molecule has 0 aliphatic carbocycles. The van der Waals surface area contributed by atoms with E-state index in [1.165, 1.54) is 0 Å². The lowest BCUT2D eigenvalue weighted by Gasteiger charge is -2.05. The molecule has 0 unspecified atom stereocenters. The van der Waals surface area contributed by atoms with Crippen LogP contribution in [0.1, 0.15) is 0 Å². The first-order valence-corrected chi connectivity index (χ1v) is 2.83. The first-order chi connectivity index (χ1) is 4.13. The lowest BCUT2D eigenvalue weighted by atomic mass is 10.6. The van der Waals surface area contributed by atoms with Gasteiger partial charge in [-0.15, -0.1) is 12.4 Å². The number of hydrogen-bond acceptors (Lipinski definition) is 2. The highest BCUT2D eigenvalue weighted by molar-refractivity contribution is 5.85. The van der Waals surface area contributed by atoms with E-state index in [4.69, 9.17) is 11.5 Å². The van der Waals surface area contributed by atoms with E-state index in [2.05, 4.69) is 4.99 Å². The molecule has 0 radical (unpaired) electrons. The maximum absolute atomic E-state index is 5.09. The number of guanidine groups is 1. The van der Waals surface area contributed by atoms with Gasteiger partial charge in [0, 0.05) is 6.54 Å². The molecule has 0 aromatic carbocycles. The molecular formula is C5H15ClN4. The maximum atomic E-state index is 5.09. The second-order valence-electron chi connectivity index (χ2n) is 2.11. The Morgan fingerprint density at radius 1 is 1.40 bits per heavy atom. The zero-order valence-corrected chi connectivity index (χ0v) is 7.19. The van der Waals surface area contributed by atoms with Crippen molar-refractivity contribution < 1.29 is 0 Å². The molecule has 10 heavy (non-hydrogen) atoms. The molecule has 0 aromatic rings. The van der Waals surface area contributed by atoms with Gasteiger partial charge in [0.15, 0.2) is 5.96 Å². The van der Waals surface area contributed by atoms with Gasteiger partial charge in [-0.2, -0.15) is 0 Å². The number of hydrogen-bond donors (Lipinski definition) is 2. The van der Waals surface area contributed by atoms with Gasteiger partial charge >= 0.3 is 0 Å². The van der Waals surface area contributed by atoms with Crippen LogP contribution in [0.15, 0.2) is 4.99 Å². The molecule has 4 N–H and O–H groups in total. The summed E-state index contributed by atoms with van der Waals surface area (Å²) in [6, 6.07) is 0. The van der Waals surface area contributed by atoms with Gasteiger partial charge in [-0.3, -0.25) is 4.99 Å². The normalized spacial score (nSPS) is 8.70. The van der Waals surface area contributed by atoms with Crippen LogP contribution in [0.25, 0.3) is 0 Å². The Hall–Kier alpha value is -0.480. The van der Waals surface area contributed by atoms with E-state index in [1.807, 2.05) is 19.0 Å². The summed E-state index contributed by atoms with van der Waals surface area (Å²) in [5, 5.41) is 0. The van der Waals surface area contributed by atoms with E-state index in [0.717, 1.165) is 6.54 Å². The molecule has 62 valence electrons. The van der Waals surface area contributed by atoms with E-state index in [-0.39, 0.29) is 18.4 Å². The number of likely N-dealkylation sites (N-methyl/N-ethyl adjacent to an activating group) is 1. The van der Waals surface area contributed by atoms with Crippen molar-refractivity contribution in [2.24, 2.45) is 16.5 Å². The Balaban J connectivity index is 0. The summed E-state index contributed by atoms with van der Waals surface area (Å²) in [6.45, 7) is 1.56. The quantitative estimate of drug-likeness (QED) is 0.428. The fraction of sp³-hybridized carbons (Fsp3) is 0.800. The highest BCUT2D eigenvalue weighted by Crippen LogP contribution is 1.73. The van der Waals surface area contributed by atoms with Gasteiger partial charge < -0.3 is 16.4 Å². The highest BCUT2D eigenvalue weighted by atomic mass is 35.5. The molecule has 5 heteroatoms. The highest BCUT2D eigenvalue weighted by Gasteiger charge is 1.85. The predicted molar refractivity (Wildman–Crippen MR) is 46.5 cm³/mol. The van der Waals surface area contributed by atoms with Crippen LogP contribution in [0.5, 0.6) is 0 Å². The molecule has 0 aromatic heterocycles. The van der Waals surface area contributed by atoms with E-state index >= 15 is 0 Å². The predicted octanol–water partition coefficient (Wildman–Crippen LogP) is -0.757. The molecule has 0 amide bonds. The minimum Gasteiger partial charge on any atom is -0.370 e. The zero-order chi connectivity index (χ0) is 7.28. The number of aliphatic imine (C=N–C) groups is 1.